The van der Waals surface area contributed by atoms with Crippen molar-refractivity contribution in [3.05, 3.63) is 52.5 Å². The van der Waals surface area contributed by atoms with Crippen molar-refractivity contribution in [2.75, 3.05) is 40.4 Å². The third-order valence-electron chi connectivity index (χ3n) is 5.40. The van der Waals surface area contributed by atoms with Gasteiger partial charge in [0.05, 0.1) is 31.0 Å². The second-order valence-corrected chi connectivity index (χ2v) is 8.38. The van der Waals surface area contributed by atoms with E-state index in [2.05, 4.69) is 53.1 Å². The second kappa shape index (κ2) is 8.47. The van der Waals surface area contributed by atoms with E-state index in [9.17, 15) is 0 Å². The van der Waals surface area contributed by atoms with E-state index in [0.717, 1.165) is 56.3 Å². The van der Waals surface area contributed by atoms with Gasteiger partial charge in [-0.1, -0.05) is 12.1 Å². The smallest absolute Gasteiger partial charge is 0.161 e. The highest BCUT2D eigenvalue weighted by Crippen LogP contribution is 2.31. The standard InChI is InChI=1S/C22H27N3O2S/c1-16-12-19(26-2)20(27-3)13-17(16)14-24-8-10-25(11-9-24)15-22-23-18-6-4-5-7-21(18)28-22/h4-7,12-13H,8-11,14-15H2,1-3H3. The van der Waals surface area contributed by atoms with Crippen molar-refractivity contribution < 1.29 is 9.47 Å². The lowest BCUT2D eigenvalue weighted by Gasteiger charge is -2.34. The number of hydrogen-bond acceptors (Lipinski definition) is 6. The topological polar surface area (TPSA) is 37.8 Å². The zero-order valence-corrected chi connectivity index (χ0v) is 17.6. The van der Waals surface area contributed by atoms with Gasteiger partial charge >= 0.3 is 0 Å². The lowest BCUT2D eigenvalue weighted by molar-refractivity contribution is 0.121. The molecule has 6 heteroatoms. The molecule has 4 rings (SSSR count). The van der Waals surface area contributed by atoms with Gasteiger partial charge in [0.1, 0.15) is 5.01 Å². The number of aryl methyl sites for hydroxylation is 1. The second-order valence-electron chi connectivity index (χ2n) is 7.26. The van der Waals surface area contributed by atoms with Crippen LogP contribution in [-0.2, 0) is 13.1 Å². The summed E-state index contributed by atoms with van der Waals surface area (Å²) in [6.07, 6.45) is 0. The third-order valence-corrected chi connectivity index (χ3v) is 6.42. The van der Waals surface area contributed by atoms with Gasteiger partial charge in [0.2, 0.25) is 0 Å². The van der Waals surface area contributed by atoms with Gasteiger partial charge in [-0.05, 0) is 42.3 Å². The summed E-state index contributed by atoms with van der Waals surface area (Å²) in [5.41, 5.74) is 3.66. The SMILES string of the molecule is COc1cc(C)c(CN2CCN(Cc3nc4ccccc4s3)CC2)cc1OC. The molecular formula is C22H27N3O2S. The van der Waals surface area contributed by atoms with Crippen LogP contribution in [0.15, 0.2) is 36.4 Å². The average molecular weight is 398 g/mol. The van der Waals surface area contributed by atoms with Gasteiger partial charge in [-0.15, -0.1) is 11.3 Å². The Kier molecular flexibility index (Phi) is 5.80. The van der Waals surface area contributed by atoms with Crippen LogP contribution in [0.3, 0.4) is 0 Å². The van der Waals surface area contributed by atoms with E-state index in [4.69, 9.17) is 14.5 Å². The molecular weight excluding hydrogens is 370 g/mol. The van der Waals surface area contributed by atoms with Crippen LogP contribution >= 0.6 is 11.3 Å². The monoisotopic (exact) mass is 397 g/mol. The number of ether oxygens (including phenoxy) is 2. The van der Waals surface area contributed by atoms with Crippen molar-refractivity contribution in [2.45, 2.75) is 20.0 Å². The van der Waals surface area contributed by atoms with E-state index >= 15 is 0 Å². The van der Waals surface area contributed by atoms with E-state index in [-0.39, 0.29) is 0 Å². The van der Waals surface area contributed by atoms with E-state index in [1.807, 2.05) is 11.3 Å². The number of methoxy groups -OCH3 is 2. The molecule has 0 saturated carbocycles. The van der Waals surface area contributed by atoms with E-state index < -0.39 is 0 Å². The zero-order valence-electron chi connectivity index (χ0n) is 16.8. The number of fused-ring (bicyclic) bond motifs is 1. The first-order valence-corrected chi connectivity index (χ1v) is 10.5. The fraction of sp³-hybridized carbons (Fsp3) is 0.409. The lowest BCUT2D eigenvalue weighted by atomic mass is 10.1. The maximum Gasteiger partial charge on any atom is 0.161 e. The number of thiazole rings is 1. The minimum atomic E-state index is 0.796. The van der Waals surface area contributed by atoms with Crippen LogP contribution in [-0.4, -0.2) is 55.2 Å². The number of rotatable bonds is 6. The summed E-state index contributed by atoms with van der Waals surface area (Å²) in [7, 11) is 3.37. The predicted molar refractivity (Wildman–Crippen MR) is 114 cm³/mol. The highest BCUT2D eigenvalue weighted by Gasteiger charge is 2.19. The Morgan fingerprint density at radius 2 is 1.57 bits per heavy atom. The first-order chi connectivity index (χ1) is 13.7. The first kappa shape index (κ1) is 19.2. The Hall–Kier alpha value is -2.15. The molecule has 0 amide bonds. The van der Waals surface area contributed by atoms with Gasteiger partial charge in [-0.2, -0.15) is 0 Å². The van der Waals surface area contributed by atoms with Crippen molar-refractivity contribution >= 4 is 21.6 Å². The summed E-state index contributed by atoms with van der Waals surface area (Å²) in [6.45, 7) is 8.31. The van der Waals surface area contributed by atoms with Crippen LogP contribution in [0.25, 0.3) is 10.2 Å². The van der Waals surface area contributed by atoms with Gasteiger partial charge in [0, 0.05) is 32.7 Å². The van der Waals surface area contributed by atoms with Crippen molar-refractivity contribution in [3.63, 3.8) is 0 Å². The van der Waals surface area contributed by atoms with Gasteiger partial charge < -0.3 is 9.47 Å². The fourth-order valence-corrected chi connectivity index (χ4v) is 4.73. The molecule has 0 unspecified atom stereocenters. The van der Waals surface area contributed by atoms with Crippen LogP contribution in [0.4, 0.5) is 0 Å². The molecule has 0 atom stereocenters. The number of aromatic nitrogens is 1. The van der Waals surface area contributed by atoms with E-state index in [1.54, 1.807) is 14.2 Å². The molecule has 0 N–H and O–H groups in total. The molecule has 0 spiro atoms. The number of nitrogens with zero attached hydrogens (tertiary/aromatic N) is 3. The maximum absolute atomic E-state index is 5.47. The number of hydrogen-bond donors (Lipinski definition) is 0. The Bertz CT molecular complexity index is 915. The van der Waals surface area contributed by atoms with Crippen LogP contribution in [0, 0.1) is 6.92 Å². The molecule has 1 aliphatic rings. The Morgan fingerprint density at radius 1 is 0.929 bits per heavy atom. The molecule has 5 nitrogen and oxygen atoms in total. The molecule has 1 saturated heterocycles. The molecule has 148 valence electrons. The quantitative estimate of drug-likeness (QED) is 0.630. The molecule has 0 bridgehead atoms. The fourth-order valence-electron chi connectivity index (χ4n) is 3.72. The van der Waals surface area contributed by atoms with Gasteiger partial charge in [-0.3, -0.25) is 9.80 Å². The predicted octanol–water partition coefficient (Wildman–Crippen LogP) is 3.94. The van der Waals surface area contributed by atoms with Gasteiger partial charge in [0.15, 0.2) is 11.5 Å². The molecule has 3 aromatic rings. The summed E-state index contributed by atoms with van der Waals surface area (Å²) in [4.78, 5) is 9.80. The van der Waals surface area contributed by atoms with Gasteiger partial charge in [0.25, 0.3) is 0 Å². The van der Waals surface area contributed by atoms with E-state index in [1.165, 1.54) is 20.8 Å². The molecule has 0 aliphatic carbocycles. The van der Waals surface area contributed by atoms with Crippen LogP contribution in [0.2, 0.25) is 0 Å². The summed E-state index contributed by atoms with van der Waals surface area (Å²) < 4.78 is 12.2. The maximum atomic E-state index is 5.47. The largest absolute Gasteiger partial charge is 0.493 e. The third kappa shape index (κ3) is 4.14. The first-order valence-electron chi connectivity index (χ1n) is 9.67. The molecule has 1 aliphatic heterocycles. The lowest BCUT2D eigenvalue weighted by Crippen LogP contribution is -2.45. The molecule has 0 radical (unpaired) electrons. The Morgan fingerprint density at radius 3 is 2.25 bits per heavy atom. The zero-order chi connectivity index (χ0) is 19.5. The summed E-state index contributed by atoms with van der Waals surface area (Å²) >= 11 is 1.81. The summed E-state index contributed by atoms with van der Waals surface area (Å²) in [6, 6.07) is 12.6. The summed E-state index contributed by atoms with van der Waals surface area (Å²) in [5.74, 6) is 1.60. The Labute approximate surface area is 170 Å². The van der Waals surface area contributed by atoms with Crippen molar-refractivity contribution in [1.82, 2.24) is 14.8 Å². The van der Waals surface area contributed by atoms with Gasteiger partial charge in [-0.25, -0.2) is 4.98 Å². The minimum absolute atomic E-state index is 0.796. The highest BCUT2D eigenvalue weighted by molar-refractivity contribution is 7.18. The molecule has 1 fully saturated rings. The van der Waals surface area contributed by atoms with E-state index in [0.29, 0.717) is 0 Å². The molecule has 28 heavy (non-hydrogen) atoms. The van der Waals surface area contributed by atoms with Crippen LogP contribution in [0.5, 0.6) is 11.5 Å². The normalized spacial score (nSPS) is 15.8. The van der Waals surface area contributed by atoms with Crippen LogP contribution in [0.1, 0.15) is 16.1 Å². The average Bonchev–Trinajstić information content (AvgIpc) is 3.13. The summed E-state index contributed by atoms with van der Waals surface area (Å²) in [5, 5.41) is 1.21. The van der Waals surface area contributed by atoms with Crippen molar-refractivity contribution in [1.29, 1.82) is 0 Å². The molecule has 2 aromatic carbocycles. The molecule has 2 heterocycles. The van der Waals surface area contributed by atoms with Crippen LogP contribution < -0.4 is 9.47 Å². The number of para-hydroxylation sites is 1. The molecule has 1 aromatic heterocycles. The van der Waals surface area contributed by atoms with Crippen molar-refractivity contribution in [2.24, 2.45) is 0 Å². The number of benzene rings is 2. The van der Waals surface area contributed by atoms with Crippen molar-refractivity contribution in [3.8, 4) is 11.5 Å². The highest BCUT2D eigenvalue weighted by atomic mass is 32.1. The number of piperazine rings is 1. The minimum Gasteiger partial charge on any atom is -0.493 e. The Balaban J connectivity index is 1.35.